The van der Waals surface area contributed by atoms with E-state index in [9.17, 15) is 19.0 Å². The van der Waals surface area contributed by atoms with Crippen LogP contribution < -0.4 is 0 Å². The number of hydrogen-bond acceptors (Lipinski definition) is 7. The van der Waals surface area contributed by atoms with Crippen LogP contribution in [0.1, 0.15) is 219 Å². The van der Waals surface area contributed by atoms with Gasteiger partial charge in [-0.2, -0.15) is 0 Å². The number of unbranched alkanes of at least 4 members (excludes halogenated alkanes) is 28. The van der Waals surface area contributed by atoms with Crippen LogP contribution in [0.15, 0.2) is 0 Å². The minimum absolute atomic E-state index is 0.0340. The molecule has 322 valence electrons. The first-order valence-electron chi connectivity index (χ1n) is 22.8. The molecule has 0 radical (unpaired) electrons. The second-order valence-corrected chi connectivity index (χ2v) is 18.3. The number of hydrogen-bond donors (Lipinski definition) is 1. The second kappa shape index (κ2) is 37.6. The minimum Gasteiger partial charge on any atom is -0.462 e. The molecule has 0 rings (SSSR count). The summed E-state index contributed by atoms with van der Waals surface area (Å²) in [7, 11) is 1.48. The van der Waals surface area contributed by atoms with Gasteiger partial charge >= 0.3 is 19.8 Å². The van der Waals surface area contributed by atoms with Gasteiger partial charge in [-0.1, -0.05) is 194 Å². The Morgan fingerprint density at radius 2 is 0.870 bits per heavy atom. The Bertz CT molecular complexity index is 896. The monoisotopic (exact) mass is 791 g/mol. The van der Waals surface area contributed by atoms with Gasteiger partial charge in [-0.15, -0.1) is 0 Å². The maximum Gasteiger partial charge on any atom is 0.472 e. The molecule has 0 bridgehead atoms. The summed E-state index contributed by atoms with van der Waals surface area (Å²) >= 11 is 0. The van der Waals surface area contributed by atoms with Crippen LogP contribution in [0.25, 0.3) is 0 Å². The lowest BCUT2D eigenvalue weighted by Crippen LogP contribution is -2.37. The summed E-state index contributed by atoms with van der Waals surface area (Å²) in [4.78, 5) is 34.3. The van der Waals surface area contributed by atoms with E-state index in [4.69, 9.17) is 18.5 Å². The van der Waals surface area contributed by atoms with Crippen molar-refractivity contribution in [3.63, 3.8) is 0 Å². The number of phosphoric ester groups is 1. The van der Waals surface area contributed by atoms with Crippen molar-refractivity contribution in [2.45, 2.75) is 225 Å². The number of quaternary nitrogens is 1. The molecule has 2 atom stereocenters. The Kier molecular flexibility index (Phi) is 36.9. The molecule has 0 spiro atoms. The van der Waals surface area contributed by atoms with Gasteiger partial charge in [0.1, 0.15) is 19.8 Å². The van der Waals surface area contributed by atoms with Gasteiger partial charge in [0.05, 0.1) is 27.7 Å². The van der Waals surface area contributed by atoms with Crippen molar-refractivity contribution in [3.8, 4) is 0 Å². The first-order chi connectivity index (χ1) is 26.0. The summed E-state index contributed by atoms with van der Waals surface area (Å²) in [6.45, 7) is 4.06. The van der Waals surface area contributed by atoms with Gasteiger partial charge in [0, 0.05) is 12.8 Å². The van der Waals surface area contributed by atoms with Crippen molar-refractivity contribution in [2.75, 3.05) is 47.5 Å². The SMILES string of the molecule is CCCCCCCCCCCCCCCCCCCCCCCCCCCCCCCC(=O)OC[C@H](COP(=O)(O)OCC[N+](C)(C)C)OC(=O)CCC. The first-order valence-corrected chi connectivity index (χ1v) is 24.3. The molecule has 0 saturated heterocycles. The standard InChI is InChI=1S/C44H88NO8P/c1-6-8-9-10-11-12-13-14-15-16-17-18-19-20-21-22-23-24-25-26-27-28-29-30-31-32-33-34-35-37-43(46)50-40-42(53-44(47)36-7-2)41-52-54(48,49)51-39-38-45(3,4)5/h42H,6-41H2,1-5H3/p+1/t42-/m1/s1. The van der Waals surface area contributed by atoms with Gasteiger partial charge in [-0.05, 0) is 12.8 Å². The average Bonchev–Trinajstić information content (AvgIpc) is 3.11. The zero-order valence-corrected chi connectivity index (χ0v) is 37.1. The molecule has 0 aromatic carbocycles. The van der Waals surface area contributed by atoms with Crippen molar-refractivity contribution in [2.24, 2.45) is 0 Å². The number of rotatable bonds is 42. The molecule has 0 aromatic heterocycles. The molecule has 0 aliphatic rings. The van der Waals surface area contributed by atoms with E-state index < -0.39 is 26.5 Å². The van der Waals surface area contributed by atoms with Crippen molar-refractivity contribution >= 4 is 19.8 Å². The van der Waals surface area contributed by atoms with Crippen molar-refractivity contribution in [1.29, 1.82) is 0 Å². The Balaban J connectivity index is 3.64. The van der Waals surface area contributed by atoms with Gasteiger partial charge in [-0.25, -0.2) is 4.57 Å². The van der Waals surface area contributed by atoms with E-state index in [1.54, 1.807) is 0 Å². The highest BCUT2D eigenvalue weighted by molar-refractivity contribution is 7.47. The molecule has 0 aromatic rings. The lowest BCUT2D eigenvalue weighted by atomic mass is 10.0. The molecule has 1 N–H and O–H groups in total. The van der Waals surface area contributed by atoms with Gasteiger partial charge < -0.3 is 18.9 Å². The van der Waals surface area contributed by atoms with Crippen LogP contribution in [0.5, 0.6) is 0 Å². The highest BCUT2D eigenvalue weighted by atomic mass is 31.2. The highest BCUT2D eigenvalue weighted by Gasteiger charge is 2.27. The molecule has 0 amide bonds. The number of esters is 2. The highest BCUT2D eigenvalue weighted by Crippen LogP contribution is 2.43. The predicted octanol–water partition coefficient (Wildman–Crippen LogP) is 12.8. The van der Waals surface area contributed by atoms with E-state index >= 15 is 0 Å². The van der Waals surface area contributed by atoms with E-state index in [-0.39, 0.29) is 25.6 Å². The average molecular weight is 791 g/mol. The molecule has 9 nitrogen and oxygen atoms in total. The molecule has 0 aliphatic heterocycles. The van der Waals surface area contributed by atoms with Crippen LogP contribution in [0.2, 0.25) is 0 Å². The zero-order chi connectivity index (χ0) is 40.0. The van der Waals surface area contributed by atoms with Gasteiger partial charge in [0.2, 0.25) is 0 Å². The van der Waals surface area contributed by atoms with E-state index in [0.717, 1.165) is 19.3 Å². The Hall–Kier alpha value is -0.990. The fraction of sp³-hybridized carbons (Fsp3) is 0.955. The third-order valence-corrected chi connectivity index (χ3v) is 11.1. The smallest absolute Gasteiger partial charge is 0.462 e. The summed E-state index contributed by atoms with van der Waals surface area (Å²) < 4.78 is 33.6. The predicted molar refractivity (Wildman–Crippen MR) is 225 cm³/mol. The third-order valence-electron chi connectivity index (χ3n) is 10.1. The maximum atomic E-state index is 12.3. The molecule has 0 fully saturated rings. The summed E-state index contributed by atoms with van der Waals surface area (Å²) in [6, 6.07) is 0. The van der Waals surface area contributed by atoms with Gasteiger partial charge in [-0.3, -0.25) is 18.6 Å². The maximum absolute atomic E-state index is 12.3. The van der Waals surface area contributed by atoms with E-state index in [1.165, 1.54) is 167 Å². The summed E-state index contributed by atoms with van der Waals surface area (Å²) in [5, 5.41) is 0. The van der Waals surface area contributed by atoms with Crippen LogP contribution in [0.3, 0.4) is 0 Å². The molecule has 0 heterocycles. The number of nitrogens with zero attached hydrogens (tertiary/aromatic N) is 1. The van der Waals surface area contributed by atoms with Crippen LogP contribution in [-0.4, -0.2) is 74.9 Å². The topological polar surface area (TPSA) is 108 Å². The minimum atomic E-state index is -4.34. The molecule has 54 heavy (non-hydrogen) atoms. The summed E-state index contributed by atoms with van der Waals surface area (Å²) in [5.41, 5.74) is 0. The largest absolute Gasteiger partial charge is 0.472 e. The fourth-order valence-electron chi connectivity index (χ4n) is 6.58. The zero-order valence-electron chi connectivity index (χ0n) is 36.2. The van der Waals surface area contributed by atoms with Crippen molar-refractivity contribution in [3.05, 3.63) is 0 Å². The van der Waals surface area contributed by atoms with Crippen LogP contribution >= 0.6 is 7.82 Å². The van der Waals surface area contributed by atoms with Crippen LogP contribution in [-0.2, 0) is 32.7 Å². The normalized spacial score (nSPS) is 13.5. The Morgan fingerprint density at radius 3 is 1.22 bits per heavy atom. The number of carbonyl (C=O) groups excluding carboxylic acids is 2. The first kappa shape index (κ1) is 53.0. The van der Waals surface area contributed by atoms with Gasteiger partial charge in [0.25, 0.3) is 0 Å². The molecule has 1 unspecified atom stereocenters. The van der Waals surface area contributed by atoms with Crippen LogP contribution in [0, 0.1) is 0 Å². The van der Waals surface area contributed by atoms with Crippen LogP contribution in [0.4, 0.5) is 0 Å². The number of phosphoric acid groups is 1. The van der Waals surface area contributed by atoms with E-state index in [1.807, 2.05) is 28.1 Å². The Morgan fingerprint density at radius 1 is 0.500 bits per heavy atom. The lowest BCUT2D eigenvalue weighted by molar-refractivity contribution is -0.870. The summed E-state index contributed by atoms with van der Waals surface area (Å²) in [5.74, 6) is -0.847. The quantitative estimate of drug-likeness (QED) is 0.0282. The molecule has 0 saturated carbocycles. The number of ether oxygens (including phenoxy) is 2. The summed E-state index contributed by atoms with van der Waals surface area (Å²) in [6.07, 6.45) is 39.4. The number of likely N-dealkylation sites (N-methyl/N-ethyl adjacent to an activating group) is 1. The second-order valence-electron chi connectivity index (χ2n) is 16.8. The fourth-order valence-corrected chi connectivity index (χ4v) is 7.32. The number of carbonyl (C=O) groups is 2. The molecular weight excluding hydrogens is 701 g/mol. The van der Waals surface area contributed by atoms with Crippen molar-refractivity contribution < 1.29 is 42.1 Å². The lowest BCUT2D eigenvalue weighted by Gasteiger charge is -2.24. The molecular formula is C44H89NO8P+. The van der Waals surface area contributed by atoms with E-state index in [2.05, 4.69) is 6.92 Å². The van der Waals surface area contributed by atoms with E-state index in [0.29, 0.717) is 23.9 Å². The third kappa shape index (κ3) is 40.7. The molecule has 10 heteroatoms. The van der Waals surface area contributed by atoms with Gasteiger partial charge in [0.15, 0.2) is 6.10 Å². The van der Waals surface area contributed by atoms with Crippen molar-refractivity contribution in [1.82, 2.24) is 0 Å². The Labute approximate surface area is 334 Å². The molecule has 0 aliphatic carbocycles.